The van der Waals surface area contributed by atoms with Gasteiger partial charge in [0.2, 0.25) is 6.29 Å². The maximum absolute atomic E-state index is 11.4. The lowest BCUT2D eigenvalue weighted by Crippen LogP contribution is -2.38. The van der Waals surface area contributed by atoms with Crippen LogP contribution >= 0.6 is 0 Å². The highest BCUT2D eigenvalue weighted by Crippen LogP contribution is 2.09. The third-order valence-corrected chi connectivity index (χ3v) is 2.04. The van der Waals surface area contributed by atoms with E-state index in [0.29, 0.717) is 6.54 Å². The first-order chi connectivity index (χ1) is 6.24. The summed E-state index contributed by atoms with van der Waals surface area (Å²) < 4.78 is 9.82. The number of carbonyl (C=O) groups is 1. The molecule has 4 nitrogen and oxygen atoms in total. The normalized spacial score (nSPS) is 19.7. The third-order valence-electron chi connectivity index (χ3n) is 2.04. The summed E-state index contributed by atoms with van der Waals surface area (Å²) in [5, 5.41) is 0. The zero-order valence-electron chi connectivity index (χ0n) is 8.16. The Morgan fingerprint density at radius 3 is 2.92 bits per heavy atom. The van der Waals surface area contributed by atoms with E-state index in [1.807, 2.05) is 0 Å². The van der Waals surface area contributed by atoms with Gasteiger partial charge in [0.15, 0.2) is 0 Å². The Balaban J connectivity index is 2.29. The predicted molar refractivity (Wildman–Crippen MR) is 48.1 cm³/mol. The maximum atomic E-state index is 11.4. The van der Waals surface area contributed by atoms with Crippen LogP contribution in [0.4, 0.5) is 4.79 Å². The van der Waals surface area contributed by atoms with Crippen molar-refractivity contribution in [2.45, 2.75) is 26.1 Å². The number of nitrogens with zero attached hydrogens (tertiary/aromatic N) is 1. The van der Waals surface area contributed by atoms with Crippen molar-refractivity contribution in [3.63, 3.8) is 0 Å². The van der Waals surface area contributed by atoms with Crippen LogP contribution in [0.25, 0.3) is 0 Å². The first-order valence-corrected chi connectivity index (χ1v) is 4.54. The summed E-state index contributed by atoms with van der Waals surface area (Å²) in [4.78, 5) is 13.1. The van der Waals surface area contributed by atoms with Gasteiger partial charge in [-0.25, -0.2) is 4.79 Å². The van der Waals surface area contributed by atoms with E-state index in [4.69, 9.17) is 9.47 Å². The number of piperidine rings is 1. The largest absolute Gasteiger partial charge is 0.420 e. The summed E-state index contributed by atoms with van der Waals surface area (Å²) >= 11 is 0. The number of likely N-dealkylation sites (tertiary alicyclic amines) is 1. The fourth-order valence-corrected chi connectivity index (χ4v) is 1.20. The van der Waals surface area contributed by atoms with Crippen LogP contribution in [0, 0.1) is 6.42 Å². The fourth-order valence-electron chi connectivity index (χ4n) is 1.20. The molecule has 0 aromatic heterocycles. The molecule has 1 heterocycles. The van der Waals surface area contributed by atoms with E-state index >= 15 is 0 Å². The van der Waals surface area contributed by atoms with Gasteiger partial charge in [-0.15, -0.1) is 0 Å². The minimum atomic E-state index is -0.463. The monoisotopic (exact) mass is 186 g/mol. The number of rotatable bonds is 2. The Bertz CT molecular complexity index is 166. The van der Waals surface area contributed by atoms with Gasteiger partial charge in [-0.3, -0.25) is 0 Å². The lowest BCUT2D eigenvalue weighted by molar-refractivity contribution is -0.0779. The average Bonchev–Trinajstić information content (AvgIpc) is 2.19. The first-order valence-electron chi connectivity index (χ1n) is 4.54. The second-order valence-corrected chi connectivity index (χ2v) is 3.06. The molecule has 1 radical (unpaired) electrons. The van der Waals surface area contributed by atoms with Gasteiger partial charge >= 0.3 is 6.09 Å². The van der Waals surface area contributed by atoms with Crippen LogP contribution in [-0.4, -0.2) is 37.5 Å². The number of hydrogen-bond donors (Lipinski definition) is 0. The summed E-state index contributed by atoms with van der Waals surface area (Å²) in [7, 11) is 1.51. The van der Waals surface area contributed by atoms with Gasteiger partial charge in [0, 0.05) is 20.2 Å². The Morgan fingerprint density at radius 1 is 1.62 bits per heavy atom. The molecule has 13 heavy (non-hydrogen) atoms. The van der Waals surface area contributed by atoms with Gasteiger partial charge in [-0.1, -0.05) is 0 Å². The predicted octanol–water partition coefficient (Wildman–Crippen LogP) is 1.42. The molecule has 1 aliphatic rings. The highest BCUT2D eigenvalue weighted by Gasteiger charge is 2.19. The standard InChI is InChI=1S/C9H16NO3/c1-8(12-2)13-9(11)10-6-4-3-5-7-10/h4,8H,3,5-7H2,1-2H3. The van der Waals surface area contributed by atoms with Gasteiger partial charge in [-0.2, -0.15) is 0 Å². The van der Waals surface area contributed by atoms with E-state index in [-0.39, 0.29) is 6.09 Å². The Labute approximate surface area is 78.8 Å². The van der Waals surface area contributed by atoms with Gasteiger partial charge in [0.25, 0.3) is 0 Å². The van der Waals surface area contributed by atoms with Gasteiger partial charge in [0.1, 0.15) is 0 Å². The van der Waals surface area contributed by atoms with E-state index in [1.54, 1.807) is 11.8 Å². The van der Waals surface area contributed by atoms with Crippen molar-refractivity contribution in [1.82, 2.24) is 4.90 Å². The van der Waals surface area contributed by atoms with Crippen molar-refractivity contribution in [2.24, 2.45) is 0 Å². The van der Waals surface area contributed by atoms with Crippen LogP contribution in [0.15, 0.2) is 0 Å². The summed E-state index contributed by atoms with van der Waals surface area (Å²) in [6, 6.07) is 0. The quantitative estimate of drug-likeness (QED) is 0.612. The number of methoxy groups -OCH3 is 1. The van der Waals surface area contributed by atoms with Gasteiger partial charge in [0.05, 0.1) is 0 Å². The second-order valence-electron chi connectivity index (χ2n) is 3.06. The molecule has 1 atom stereocenters. The summed E-state index contributed by atoms with van der Waals surface area (Å²) in [5.74, 6) is 0. The van der Waals surface area contributed by atoms with Crippen LogP contribution < -0.4 is 0 Å². The molecule has 0 aliphatic carbocycles. The molecule has 1 saturated heterocycles. The van der Waals surface area contributed by atoms with E-state index in [9.17, 15) is 4.79 Å². The molecule has 0 bridgehead atoms. The molecule has 1 unspecified atom stereocenters. The lowest BCUT2D eigenvalue weighted by Gasteiger charge is -2.26. The number of carbonyl (C=O) groups excluding carboxylic acids is 1. The maximum Gasteiger partial charge on any atom is 0.412 e. The Kier molecular flexibility index (Phi) is 4.02. The SMILES string of the molecule is COC(C)OC(=O)N1C[CH]CCC1. The average molecular weight is 186 g/mol. The van der Waals surface area contributed by atoms with E-state index in [0.717, 1.165) is 19.4 Å². The molecule has 4 heteroatoms. The number of hydrogen-bond acceptors (Lipinski definition) is 3. The van der Waals surface area contributed by atoms with Crippen molar-refractivity contribution in [3.8, 4) is 0 Å². The fraction of sp³-hybridized carbons (Fsp3) is 0.778. The lowest BCUT2D eigenvalue weighted by atomic mass is 10.1. The summed E-state index contributed by atoms with van der Waals surface area (Å²) in [6.45, 7) is 3.17. The van der Waals surface area contributed by atoms with Crippen LogP contribution in [0.2, 0.25) is 0 Å². The zero-order valence-corrected chi connectivity index (χ0v) is 8.16. The molecule has 0 aromatic carbocycles. The number of ether oxygens (including phenoxy) is 2. The van der Waals surface area contributed by atoms with Crippen molar-refractivity contribution in [1.29, 1.82) is 0 Å². The highest BCUT2D eigenvalue weighted by molar-refractivity contribution is 5.67. The van der Waals surface area contributed by atoms with Crippen LogP contribution in [-0.2, 0) is 9.47 Å². The molecular formula is C9H16NO3. The molecule has 0 N–H and O–H groups in total. The highest BCUT2D eigenvalue weighted by atomic mass is 16.7. The molecule has 75 valence electrons. The summed E-state index contributed by atoms with van der Waals surface area (Å²) in [5.41, 5.74) is 0. The molecule has 1 rings (SSSR count). The minimum Gasteiger partial charge on any atom is -0.420 e. The van der Waals surface area contributed by atoms with Crippen LogP contribution in [0.5, 0.6) is 0 Å². The topological polar surface area (TPSA) is 38.8 Å². The molecule has 0 aromatic rings. The van der Waals surface area contributed by atoms with E-state index in [1.165, 1.54) is 7.11 Å². The van der Waals surface area contributed by atoms with Gasteiger partial charge in [-0.05, 0) is 26.2 Å². The minimum absolute atomic E-state index is 0.287. The molecule has 0 saturated carbocycles. The third kappa shape index (κ3) is 3.22. The van der Waals surface area contributed by atoms with E-state index in [2.05, 4.69) is 6.42 Å². The molecule has 1 amide bonds. The van der Waals surface area contributed by atoms with Crippen LogP contribution in [0.1, 0.15) is 19.8 Å². The molecule has 1 fully saturated rings. The Morgan fingerprint density at radius 2 is 2.38 bits per heavy atom. The molecular weight excluding hydrogens is 170 g/mol. The van der Waals surface area contributed by atoms with E-state index < -0.39 is 6.29 Å². The smallest absolute Gasteiger partial charge is 0.412 e. The summed E-state index contributed by atoms with van der Waals surface area (Å²) in [6.07, 6.45) is 3.45. The number of amides is 1. The van der Waals surface area contributed by atoms with Crippen LogP contribution in [0.3, 0.4) is 0 Å². The molecule has 1 aliphatic heterocycles. The first kappa shape index (κ1) is 10.3. The molecule has 0 spiro atoms. The Hall–Kier alpha value is -0.770. The van der Waals surface area contributed by atoms with Gasteiger partial charge < -0.3 is 14.4 Å². The van der Waals surface area contributed by atoms with Crippen molar-refractivity contribution < 1.29 is 14.3 Å². The van der Waals surface area contributed by atoms with Crippen molar-refractivity contribution in [3.05, 3.63) is 6.42 Å². The second kappa shape index (κ2) is 5.07. The van der Waals surface area contributed by atoms with Crippen molar-refractivity contribution in [2.75, 3.05) is 20.2 Å². The van der Waals surface area contributed by atoms with Crippen molar-refractivity contribution >= 4 is 6.09 Å². The zero-order chi connectivity index (χ0) is 9.68.